The van der Waals surface area contributed by atoms with E-state index in [4.69, 9.17) is 4.74 Å². The van der Waals surface area contributed by atoms with E-state index in [2.05, 4.69) is 47.5 Å². The van der Waals surface area contributed by atoms with Gasteiger partial charge in [-0.05, 0) is 33.9 Å². The highest BCUT2D eigenvalue weighted by atomic mass is 16.5. The number of hydrogen-bond donors (Lipinski definition) is 0. The van der Waals surface area contributed by atoms with Crippen molar-refractivity contribution in [2.75, 3.05) is 40.3 Å². The molecule has 1 saturated heterocycles. The number of ether oxygens (including phenoxy) is 1. The van der Waals surface area contributed by atoms with Crippen molar-refractivity contribution < 1.29 is 4.74 Å². The highest BCUT2D eigenvalue weighted by Gasteiger charge is 2.21. The van der Waals surface area contributed by atoms with Gasteiger partial charge in [0, 0.05) is 44.0 Å². The summed E-state index contributed by atoms with van der Waals surface area (Å²) >= 11 is 0. The Morgan fingerprint density at radius 1 is 1.43 bits per heavy atom. The van der Waals surface area contributed by atoms with E-state index in [0.717, 1.165) is 52.2 Å². The molecule has 1 aliphatic rings. The highest BCUT2D eigenvalue weighted by Crippen LogP contribution is 2.15. The molecule has 0 radical (unpaired) electrons. The maximum Gasteiger partial charge on any atom is 0.0714 e. The molecular weight excluding hydrogens is 264 g/mol. The van der Waals surface area contributed by atoms with Gasteiger partial charge in [0.15, 0.2) is 0 Å². The molecule has 21 heavy (non-hydrogen) atoms. The normalized spacial score (nSPS) is 20.3. The van der Waals surface area contributed by atoms with Crippen molar-refractivity contribution in [1.29, 1.82) is 0 Å². The third kappa shape index (κ3) is 4.80. The van der Waals surface area contributed by atoms with Crippen molar-refractivity contribution in [2.45, 2.75) is 45.9 Å². The van der Waals surface area contributed by atoms with Gasteiger partial charge >= 0.3 is 0 Å². The van der Waals surface area contributed by atoms with Crippen LogP contribution in [-0.4, -0.2) is 66.0 Å². The molecule has 0 aromatic carbocycles. The maximum atomic E-state index is 5.88. The van der Waals surface area contributed by atoms with Crippen LogP contribution in [0.1, 0.15) is 31.0 Å². The van der Waals surface area contributed by atoms with Crippen molar-refractivity contribution >= 4 is 0 Å². The lowest BCUT2D eigenvalue weighted by atomic mass is 10.1. The van der Waals surface area contributed by atoms with Crippen LogP contribution < -0.4 is 0 Å². The maximum absolute atomic E-state index is 5.88. The second kappa shape index (κ2) is 7.92. The standard InChI is InChI=1S/C16H30N4O/c1-5-7-20-14(2)15(11-17-20)12-19-9-10-21-16(13-19)6-8-18(3)4/h11,16H,5-10,12-13H2,1-4H3/t16-/m0/s1. The number of aromatic nitrogens is 2. The summed E-state index contributed by atoms with van der Waals surface area (Å²) in [7, 11) is 4.23. The van der Waals surface area contributed by atoms with Gasteiger partial charge in [0.25, 0.3) is 0 Å². The Morgan fingerprint density at radius 2 is 2.24 bits per heavy atom. The molecule has 2 heterocycles. The van der Waals surface area contributed by atoms with Crippen molar-refractivity contribution in [2.24, 2.45) is 0 Å². The SMILES string of the molecule is CCCn1ncc(CN2CCO[C@@H](CCN(C)C)C2)c1C. The van der Waals surface area contributed by atoms with Gasteiger partial charge in [0.05, 0.1) is 18.9 Å². The summed E-state index contributed by atoms with van der Waals surface area (Å²) in [6.07, 6.45) is 4.64. The summed E-state index contributed by atoms with van der Waals surface area (Å²) in [5.74, 6) is 0. The Bertz CT molecular complexity index is 430. The summed E-state index contributed by atoms with van der Waals surface area (Å²) in [4.78, 5) is 4.73. The van der Waals surface area contributed by atoms with E-state index >= 15 is 0 Å². The van der Waals surface area contributed by atoms with E-state index in [1.54, 1.807) is 0 Å². The summed E-state index contributed by atoms with van der Waals surface area (Å²) in [6, 6.07) is 0. The van der Waals surface area contributed by atoms with Crippen LogP contribution in [0.4, 0.5) is 0 Å². The molecule has 1 atom stereocenters. The molecule has 2 rings (SSSR count). The van der Waals surface area contributed by atoms with Gasteiger partial charge in [-0.25, -0.2) is 0 Å². The van der Waals surface area contributed by atoms with E-state index in [0.29, 0.717) is 6.10 Å². The van der Waals surface area contributed by atoms with Crippen LogP contribution in [-0.2, 0) is 17.8 Å². The Labute approximate surface area is 128 Å². The average Bonchev–Trinajstić information content (AvgIpc) is 2.79. The lowest BCUT2D eigenvalue weighted by molar-refractivity contribution is -0.0370. The van der Waals surface area contributed by atoms with E-state index in [-0.39, 0.29) is 0 Å². The third-order valence-electron chi connectivity index (χ3n) is 4.16. The van der Waals surface area contributed by atoms with Gasteiger partial charge in [-0.15, -0.1) is 0 Å². The molecule has 0 spiro atoms. The molecule has 5 nitrogen and oxygen atoms in total. The van der Waals surface area contributed by atoms with E-state index in [1.807, 2.05) is 6.20 Å². The van der Waals surface area contributed by atoms with Gasteiger partial charge in [-0.1, -0.05) is 6.92 Å². The van der Waals surface area contributed by atoms with Crippen LogP contribution in [0, 0.1) is 6.92 Å². The lowest BCUT2D eigenvalue weighted by Gasteiger charge is -2.33. The van der Waals surface area contributed by atoms with Crippen molar-refractivity contribution in [3.63, 3.8) is 0 Å². The quantitative estimate of drug-likeness (QED) is 0.767. The number of nitrogens with zero attached hydrogens (tertiary/aromatic N) is 4. The minimum atomic E-state index is 0.368. The van der Waals surface area contributed by atoms with Crippen molar-refractivity contribution in [1.82, 2.24) is 19.6 Å². The smallest absolute Gasteiger partial charge is 0.0714 e. The first-order valence-corrected chi connectivity index (χ1v) is 8.10. The molecule has 1 aromatic rings. The molecule has 0 N–H and O–H groups in total. The summed E-state index contributed by atoms with van der Waals surface area (Å²) in [5, 5.41) is 4.50. The second-order valence-corrected chi connectivity index (χ2v) is 6.30. The lowest BCUT2D eigenvalue weighted by Crippen LogP contribution is -2.43. The molecule has 120 valence electrons. The van der Waals surface area contributed by atoms with Crippen LogP contribution in [0.25, 0.3) is 0 Å². The van der Waals surface area contributed by atoms with Crippen LogP contribution in [0.5, 0.6) is 0 Å². The van der Waals surface area contributed by atoms with E-state index in [1.165, 1.54) is 11.3 Å². The van der Waals surface area contributed by atoms with Crippen LogP contribution in [0.2, 0.25) is 0 Å². The minimum absolute atomic E-state index is 0.368. The Hall–Kier alpha value is -0.910. The fourth-order valence-corrected chi connectivity index (χ4v) is 2.82. The molecule has 0 bridgehead atoms. The second-order valence-electron chi connectivity index (χ2n) is 6.30. The van der Waals surface area contributed by atoms with Crippen LogP contribution in [0.15, 0.2) is 6.20 Å². The summed E-state index contributed by atoms with van der Waals surface area (Å²) in [5.41, 5.74) is 2.67. The monoisotopic (exact) mass is 294 g/mol. The first-order valence-electron chi connectivity index (χ1n) is 8.10. The molecular formula is C16H30N4O. The zero-order valence-electron chi connectivity index (χ0n) is 14.0. The number of rotatable bonds is 7. The molecule has 0 aliphatic carbocycles. The van der Waals surface area contributed by atoms with Gasteiger partial charge in [0.1, 0.15) is 0 Å². The van der Waals surface area contributed by atoms with Gasteiger partial charge in [0.2, 0.25) is 0 Å². The van der Waals surface area contributed by atoms with Crippen LogP contribution >= 0.6 is 0 Å². The van der Waals surface area contributed by atoms with E-state index in [9.17, 15) is 0 Å². The molecule has 1 fully saturated rings. The average molecular weight is 294 g/mol. The number of morpholine rings is 1. The Kier molecular flexibility index (Phi) is 6.21. The first kappa shape index (κ1) is 16.5. The topological polar surface area (TPSA) is 33.5 Å². The molecule has 0 amide bonds. The fraction of sp³-hybridized carbons (Fsp3) is 0.812. The van der Waals surface area contributed by atoms with Gasteiger partial charge < -0.3 is 9.64 Å². The molecule has 1 aromatic heterocycles. The zero-order valence-corrected chi connectivity index (χ0v) is 14.0. The zero-order chi connectivity index (χ0) is 15.2. The predicted octanol–water partition coefficient (Wildman–Crippen LogP) is 1.75. The highest BCUT2D eigenvalue weighted by molar-refractivity contribution is 5.16. The predicted molar refractivity (Wildman–Crippen MR) is 85.4 cm³/mol. The fourth-order valence-electron chi connectivity index (χ4n) is 2.82. The molecule has 0 saturated carbocycles. The molecule has 0 unspecified atom stereocenters. The van der Waals surface area contributed by atoms with Crippen molar-refractivity contribution in [3.05, 3.63) is 17.5 Å². The number of aryl methyl sites for hydroxylation is 1. The Morgan fingerprint density at radius 3 is 2.95 bits per heavy atom. The van der Waals surface area contributed by atoms with Crippen LogP contribution in [0.3, 0.4) is 0 Å². The third-order valence-corrected chi connectivity index (χ3v) is 4.16. The molecule has 1 aliphatic heterocycles. The van der Waals surface area contributed by atoms with Gasteiger partial charge in [-0.2, -0.15) is 5.10 Å². The first-order chi connectivity index (χ1) is 10.1. The molecule has 5 heteroatoms. The largest absolute Gasteiger partial charge is 0.376 e. The Balaban J connectivity index is 1.87. The van der Waals surface area contributed by atoms with Gasteiger partial charge in [-0.3, -0.25) is 9.58 Å². The number of hydrogen-bond acceptors (Lipinski definition) is 4. The minimum Gasteiger partial charge on any atom is -0.376 e. The van der Waals surface area contributed by atoms with Crippen molar-refractivity contribution in [3.8, 4) is 0 Å². The summed E-state index contributed by atoms with van der Waals surface area (Å²) < 4.78 is 8.01. The summed E-state index contributed by atoms with van der Waals surface area (Å²) in [6.45, 7) is 10.4. The van der Waals surface area contributed by atoms with E-state index < -0.39 is 0 Å².